The number of aromatic nitrogens is 1. The molecule has 2 saturated heterocycles. The van der Waals surface area contributed by atoms with E-state index in [4.69, 9.17) is 4.98 Å². The Morgan fingerprint density at radius 2 is 1.66 bits per heavy atom. The first-order valence-electron chi connectivity index (χ1n) is 13.4. The third-order valence-corrected chi connectivity index (χ3v) is 8.44. The van der Waals surface area contributed by atoms with Gasteiger partial charge >= 0.3 is 0 Å². The molecule has 1 aromatic heterocycles. The second kappa shape index (κ2) is 8.96. The Bertz CT molecular complexity index is 1110. The summed E-state index contributed by atoms with van der Waals surface area (Å²) in [5.74, 6) is 3.32. The maximum atomic E-state index is 13.2. The van der Waals surface area contributed by atoms with Crippen LogP contribution in [0, 0.1) is 11.8 Å². The molecule has 184 valence electrons. The Balaban J connectivity index is 1.11. The molecule has 2 aliphatic heterocycles. The maximum Gasteiger partial charge on any atom is 0.253 e. The van der Waals surface area contributed by atoms with Gasteiger partial charge in [-0.05, 0) is 78.2 Å². The molecule has 6 nitrogen and oxygen atoms in total. The molecule has 0 bridgehead atoms. The zero-order valence-electron chi connectivity index (χ0n) is 20.9. The Morgan fingerprint density at radius 3 is 2.29 bits per heavy atom. The lowest BCUT2D eigenvalue weighted by Crippen LogP contribution is -2.49. The number of piperazine rings is 1. The summed E-state index contributed by atoms with van der Waals surface area (Å²) in [6.07, 6.45) is 7.25. The molecule has 3 heterocycles. The van der Waals surface area contributed by atoms with Crippen LogP contribution in [0.4, 0.5) is 5.82 Å². The van der Waals surface area contributed by atoms with Gasteiger partial charge < -0.3 is 15.1 Å². The van der Waals surface area contributed by atoms with E-state index in [1.54, 1.807) is 0 Å². The molecular weight excluding hydrogens is 436 g/mol. The van der Waals surface area contributed by atoms with E-state index >= 15 is 0 Å². The van der Waals surface area contributed by atoms with Crippen LogP contribution in [0.3, 0.4) is 0 Å². The molecule has 2 saturated carbocycles. The van der Waals surface area contributed by atoms with Crippen molar-refractivity contribution in [3.05, 3.63) is 58.8 Å². The van der Waals surface area contributed by atoms with Gasteiger partial charge in [0.15, 0.2) is 0 Å². The highest BCUT2D eigenvalue weighted by molar-refractivity contribution is 5.94. The Kier molecular flexibility index (Phi) is 5.78. The van der Waals surface area contributed by atoms with Gasteiger partial charge in [-0.3, -0.25) is 9.59 Å². The highest BCUT2D eigenvalue weighted by Gasteiger charge is 2.38. The highest BCUT2D eigenvalue weighted by Crippen LogP contribution is 2.47. The summed E-state index contributed by atoms with van der Waals surface area (Å²) in [5, 5.41) is 3.01. The summed E-state index contributed by atoms with van der Waals surface area (Å²) < 4.78 is 0. The standard InChI is InChI=1S/C29H36N4O2/c1-18(2)25-17-31-28(34)26(25)21-7-9-22(10-8-21)29(35)33-13-11-32(12-14-33)27-24(20-5-6-20)15-23(16-30-27)19-3-4-19/h7-10,15-16,18-20,25-26H,3-6,11-14,17H2,1-2H3,(H,31,34)/t25?,26-/m0/s1. The lowest BCUT2D eigenvalue weighted by atomic mass is 9.81. The summed E-state index contributed by atoms with van der Waals surface area (Å²) in [6, 6.07) is 10.2. The van der Waals surface area contributed by atoms with Crippen molar-refractivity contribution in [3.63, 3.8) is 0 Å². The number of rotatable bonds is 6. The van der Waals surface area contributed by atoms with E-state index in [1.807, 2.05) is 29.2 Å². The third-order valence-electron chi connectivity index (χ3n) is 8.44. The van der Waals surface area contributed by atoms with Gasteiger partial charge in [-0.1, -0.05) is 32.0 Å². The van der Waals surface area contributed by atoms with Gasteiger partial charge in [0.05, 0.1) is 5.92 Å². The minimum absolute atomic E-state index is 0.0759. The summed E-state index contributed by atoms with van der Waals surface area (Å²) >= 11 is 0. The number of carbonyl (C=O) groups is 2. The summed E-state index contributed by atoms with van der Waals surface area (Å²) in [4.78, 5) is 34.9. The normalized spacial score (nSPS) is 24.7. The lowest BCUT2D eigenvalue weighted by Gasteiger charge is -2.36. The predicted octanol–water partition coefficient (Wildman–Crippen LogP) is 4.28. The fourth-order valence-corrected chi connectivity index (χ4v) is 5.89. The van der Waals surface area contributed by atoms with Gasteiger partial charge in [0.1, 0.15) is 5.82 Å². The first-order chi connectivity index (χ1) is 17.0. The van der Waals surface area contributed by atoms with Crippen molar-refractivity contribution in [2.75, 3.05) is 37.6 Å². The monoisotopic (exact) mass is 472 g/mol. The number of carbonyl (C=O) groups excluding carboxylic acids is 2. The van der Waals surface area contributed by atoms with E-state index < -0.39 is 0 Å². The molecule has 1 unspecified atom stereocenters. The third kappa shape index (κ3) is 4.43. The van der Waals surface area contributed by atoms with Crippen molar-refractivity contribution in [2.24, 2.45) is 11.8 Å². The number of hydrogen-bond acceptors (Lipinski definition) is 4. The number of hydrogen-bond donors (Lipinski definition) is 1. The topological polar surface area (TPSA) is 65.5 Å². The molecule has 6 rings (SSSR count). The lowest BCUT2D eigenvalue weighted by molar-refractivity contribution is -0.120. The zero-order valence-corrected chi connectivity index (χ0v) is 20.9. The molecule has 6 heteroatoms. The molecule has 2 atom stereocenters. The molecule has 4 fully saturated rings. The largest absolute Gasteiger partial charge is 0.355 e. The first kappa shape index (κ1) is 22.6. The zero-order chi connectivity index (χ0) is 24.1. The fraction of sp³-hybridized carbons (Fsp3) is 0.552. The van der Waals surface area contributed by atoms with Crippen molar-refractivity contribution in [1.82, 2.24) is 15.2 Å². The molecular formula is C29H36N4O2. The molecule has 4 aliphatic rings. The fourth-order valence-electron chi connectivity index (χ4n) is 5.89. The number of amides is 2. The smallest absolute Gasteiger partial charge is 0.253 e. The van der Waals surface area contributed by atoms with Gasteiger partial charge in [-0.25, -0.2) is 4.98 Å². The van der Waals surface area contributed by atoms with Crippen molar-refractivity contribution in [3.8, 4) is 0 Å². The Morgan fingerprint density at radius 1 is 0.971 bits per heavy atom. The molecule has 2 aliphatic carbocycles. The van der Waals surface area contributed by atoms with Crippen molar-refractivity contribution >= 4 is 17.6 Å². The number of nitrogens with zero attached hydrogens (tertiary/aromatic N) is 3. The van der Waals surface area contributed by atoms with E-state index in [0.29, 0.717) is 36.4 Å². The molecule has 35 heavy (non-hydrogen) atoms. The molecule has 0 spiro atoms. The second-order valence-corrected chi connectivity index (χ2v) is 11.3. The van der Waals surface area contributed by atoms with Crippen molar-refractivity contribution in [2.45, 2.75) is 57.3 Å². The quantitative estimate of drug-likeness (QED) is 0.681. The van der Waals surface area contributed by atoms with Crippen LogP contribution in [0.2, 0.25) is 0 Å². The summed E-state index contributed by atoms with van der Waals surface area (Å²) in [7, 11) is 0. The van der Waals surface area contributed by atoms with Gasteiger partial charge in [-0.2, -0.15) is 0 Å². The van der Waals surface area contributed by atoms with Crippen LogP contribution < -0.4 is 10.2 Å². The minimum atomic E-state index is -0.123. The molecule has 0 radical (unpaired) electrons. The van der Waals surface area contributed by atoms with E-state index in [0.717, 1.165) is 36.9 Å². The van der Waals surface area contributed by atoms with Crippen molar-refractivity contribution in [1.29, 1.82) is 0 Å². The molecule has 1 N–H and O–H groups in total. The van der Waals surface area contributed by atoms with Crippen LogP contribution in [-0.2, 0) is 4.79 Å². The van der Waals surface area contributed by atoms with Crippen LogP contribution in [0.5, 0.6) is 0 Å². The van der Waals surface area contributed by atoms with Crippen LogP contribution in [0.1, 0.15) is 84.3 Å². The van der Waals surface area contributed by atoms with E-state index in [-0.39, 0.29) is 17.7 Å². The number of anilines is 1. The number of nitrogens with one attached hydrogen (secondary N) is 1. The van der Waals surface area contributed by atoms with E-state index in [9.17, 15) is 9.59 Å². The molecule has 1 aromatic carbocycles. The summed E-state index contributed by atoms with van der Waals surface area (Å²) in [6.45, 7) is 8.11. The van der Waals surface area contributed by atoms with Crippen LogP contribution in [0.15, 0.2) is 36.5 Å². The Hall–Kier alpha value is -2.89. The van der Waals surface area contributed by atoms with E-state index in [2.05, 4.69) is 36.3 Å². The molecule has 2 aromatic rings. The van der Waals surface area contributed by atoms with Crippen LogP contribution in [0.25, 0.3) is 0 Å². The average molecular weight is 473 g/mol. The second-order valence-electron chi connectivity index (χ2n) is 11.3. The Labute approximate surface area is 208 Å². The van der Waals surface area contributed by atoms with Crippen LogP contribution >= 0.6 is 0 Å². The highest BCUT2D eigenvalue weighted by atomic mass is 16.2. The minimum Gasteiger partial charge on any atom is -0.355 e. The summed E-state index contributed by atoms with van der Waals surface area (Å²) in [5.41, 5.74) is 4.56. The average Bonchev–Trinajstić information content (AvgIpc) is 3.81. The predicted molar refractivity (Wildman–Crippen MR) is 137 cm³/mol. The van der Waals surface area contributed by atoms with Gasteiger partial charge in [0.25, 0.3) is 5.91 Å². The number of pyridine rings is 1. The van der Waals surface area contributed by atoms with Crippen molar-refractivity contribution < 1.29 is 9.59 Å². The van der Waals surface area contributed by atoms with Gasteiger partial charge in [0.2, 0.25) is 5.91 Å². The van der Waals surface area contributed by atoms with Gasteiger partial charge in [0, 0.05) is 44.5 Å². The molecule has 2 amide bonds. The first-order valence-corrected chi connectivity index (χ1v) is 13.4. The van der Waals surface area contributed by atoms with E-state index in [1.165, 1.54) is 36.8 Å². The maximum absolute atomic E-state index is 13.2. The number of benzene rings is 1. The SMILES string of the molecule is CC(C)C1CNC(=O)[C@H]1c1ccc(C(=O)N2CCN(c3ncc(C4CC4)cc3C3CC3)CC2)cc1. The van der Waals surface area contributed by atoms with Gasteiger partial charge in [-0.15, -0.1) is 0 Å². The van der Waals surface area contributed by atoms with Crippen LogP contribution in [-0.4, -0.2) is 54.4 Å².